The van der Waals surface area contributed by atoms with Crippen molar-refractivity contribution in [2.75, 3.05) is 5.32 Å². The number of pyridine rings is 1. The maximum Gasteiger partial charge on any atom is 0.158 e. The standard InChI is InChI=1S/C20H18ClN5O/c1-12-8-14(5-7-17(12)27-15-6-4-13(2)22-10-15)25-20-19-16(23-11-24-20)9-18(21)26(19)3/h4-11H,1-3H3,(H,23,24,25). The Labute approximate surface area is 161 Å². The molecule has 1 aromatic carbocycles. The van der Waals surface area contributed by atoms with Crippen LogP contribution in [-0.2, 0) is 7.05 Å². The summed E-state index contributed by atoms with van der Waals surface area (Å²) in [4.78, 5) is 12.9. The molecule has 0 saturated heterocycles. The minimum Gasteiger partial charge on any atom is -0.455 e. The summed E-state index contributed by atoms with van der Waals surface area (Å²) in [6, 6.07) is 11.5. The molecule has 0 radical (unpaired) electrons. The van der Waals surface area contributed by atoms with Crippen LogP contribution in [0.4, 0.5) is 11.5 Å². The van der Waals surface area contributed by atoms with Gasteiger partial charge in [-0.2, -0.15) is 0 Å². The fourth-order valence-corrected chi connectivity index (χ4v) is 3.04. The predicted molar refractivity (Wildman–Crippen MR) is 107 cm³/mol. The van der Waals surface area contributed by atoms with E-state index in [4.69, 9.17) is 16.3 Å². The van der Waals surface area contributed by atoms with E-state index in [1.807, 2.05) is 61.9 Å². The first kappa shape index (κ1) is 17.3. The van der Waals surface area contributed by atoms with Gasteiger partial charge in [0.2, 0.25) is 0 Å². The van der Waals surface area contributed by atoms with Crippen LogP contribution in [0.5, 0.6) is 11.5 Å². The van der Waals surface area contributed by atoms with Crippen molar-refractivity contribution < 1.29 is 4.74 Å². The van der Waals surface area contributed by atoms with E-state index in [0.29, 0.717) is 16.7 Å². The zero-order valence-corrected chi connectivity index (χ0v) is 15.9. The van der Waals surface area contributed by atoms with Gasteiger partial charge in [0.1, 0.15) is 28.5 Å². The molecular formula is C20H18ClN5O. The third kappa shape index (κ3) is 3.44. The molecule has 4 aromatic rings. The van der Waals surface area contributed by atoms with Gasteiger partial charge in [-0.15, -0.1) is 0 Å². The molecule has 0 spiro atoms. The second-order valence-corrected chi connectivity index (χ2v) is 6.71. The molecule has 0 saturated carbocycles. The number of benzene rings is 1. The average molecular weight is 380 g/mol. The summed E-state index contributed by atoms with van der Waals surface area (Å²) < 4.78 is 7.78. The number of hydrogen-bond donors (Lipinski definition) is 1. The van der Waals surface area contributed by atoms with E-state index in [1.165, 1.54) is 6.33 Å². The van der Waals surface area contributed by atoms with Gasteiger partial charge in [-0.3, -0.25) is 4.98 Å². The van der Waals surface area contributed by atoms with Crippen LogP contribution < -0.4 is 10.1 Å². The highest BCUT2D eigenvalue weighted by atomic mass is 35.5. The van der Waals surface area contributed by atoms with E-state index >= 15 is 0 Å². The van der Waals surface area contributed by atoms with Crippen LogP contribution >= 0.6 is 11.6 Å². The fraction of sp³-hybridized carbons (Fsp3) is 0.150. The molecule has 3 heterocycles. The van der Waals surface area contributed by atoms with Crippen molar-refractivity contribution in [2.24, 2.45) is 7.05 Å². The molecule has 0 unspecified atom stereocenters. The fourth-order valence-electron chi connectivity index (χ4n) is 2.86. The van der Waals surface area contributed by atoms with Crippen molar-refractivity contribution in [3.8, 4) is 11.5 Å². The number of anilines is 2. The summed E-state index contributed by atoms with van der Waals surface area (Å²) in [5.41, 5.74) is 4.50. The first-order valence-electron chi connectivity index (χ1n) is 8.45. The average Bonchev–Trinajstić information content (AvgIpc) is 2.94. The monoisotopic (exact) mass is 379 g/mol. The van der Waals surface area contributed by atoms with E-state index in [1.54, 1.807) is 6.20 Å². The molecule has 0 bridgehead atoms. The summed E-state index contributed by atoms with van der Waals surface area (Å²) in [5, 5.41) is 3.95. The van der Waals surface area contributed by atoms with Crippen LogP contribution in [0.25, 0.3) is 11.0 Å². The van der Waals surface area contributed by atoms with Crippen LogP contribution in [0, 0.1) is 13.8 Å². The maximum absolute atomic E-state index is 6.21. The largest absolute Gasteiger partial charge is 0.455 e. The number of aryl methyl sites for hydroxylation is 3. The first-order chi connectivity index (χ1) is 13.0. The lowest BCUT2D eigenvalue weighted by atomic mass is 10.2. The molecule has 0 aliphatic rings. The van der Waals surface area contributed by atoms with Crippen LogP contribution in [0.2, 0.25) is 5.15 Å². The van der Waals surface area contributed by atoms with Crippen molar-refractivity contribution in [1.82, 2.24) is 19.5 Å². The molecule has 0 amide bonds. The normalized spacial score (nSPS) is 11.0. The zero-order valence-electron chi connectivity index (χ0n) is 15.2. The smallest absolute Gasteiger partial charge is 0.158 e. The van der Waals surface area contributed by atoms with Gasteiger partial charge in [0, 0.05) is 24.5 Å². The molecule has 4 rings (SSSR count). The molecule has 27 heavy (non-hydrogen) atoms. The van der Waals surface area contributed by atoms with Crippen LogP contribution in [0.3, 0.4) is 0 Å². The third-order valence-electron chi connectivity index (χ3n) is 4.31. The minimum absolute atomic E-state index is 0.611. The summed E-state index contributed by atoms with van der Waals surface area (Å²) in [6.45, 7) is 3.94. The van der Waals surface area contributed by atoms with Crippen LogP contribution in [-0.4, -0.2) is 19.5 Å². The van der Waals surface area contributed by atoms with Crippen molar-refractivity contribution in [3.63, 3.8) is 0 Å². The van der Waals surface area contributed by atoms with Gasteiger partial charge in [0.25, 0.3) is 0 Å². The van der Waals surface area contributed by atoms with E-state index < -0.39 is 0 Å². The molecular weight excluding hydrogens is 362 g/mol. The lowest BCUT2D eigenvalue weighted by Crippen LogP contribution is -1.99. The number of nitrogens with one attached hydrogen (secondary N) is 1. The quantitative estimate of drug-likeness (QED) is 0.530. The number of nitrogens with zero attached hydrogens (tertiary/aromatic N) is 4. The molecule has 0 aliphatic carbocycles. The lowest BCUT2D eigenvalue weighted by Gasteiger charge is -2.12. The van der Waals surface area contributed by atoms with Gasteiger partial charge in [-0.1, -0.05) is 11.6 Å². The van der Waals surface area contributed by atoms with Gasteiger partial charge in [-0.25, -0.2) is 9.97 Å². The summed E-state index contributed by atoms with van der Waals surface area (Å²) in [5.74, 6) is 2.19. The molecule has 7 heteroatoms. The topological polar surface area (TPSA) is 64.9 Å². The van der Waals surface area contributed by atoms with E-state index in [9.17, 15) is 0 Å². The summed E-state index contributed by atoms with van der Waals surface area (Å²) >= 11 is 6.21. The van der Waals surface area contributed by atoms with Gasteiger partial charge < -0.3 is 14.6 Å². The number of rotatable bonds is 4. The molecule has 6 nitrogen and oxygen atoms in total. The van der Waals surface area contributed by atoms with Gasteiger partial charge in [0.15, 0.2) is 5.82 Å². The van der Waals surface area contributed by atoms with Crippen molar-refractivity contribution in [3.05, 3.63) is 65.3 Å². The molecule has 0 atom stereocenters. The second kappa shape index (κ2) is 6.89. The van der Waals surface area contributed by atoms with Crippen molar-refractivity contribution in [1.29, 1.82) is 0 Å². The van der Waals surface area contributed by atoms with Crippen molar-refractivity contribution in [2.45, 2.75) is 13.8 Å². The van der Waals surface area contributed by atoms with Crippen LogP contribution in [0.1, 0.15) is 11.3 Å². The Bertz CT molecular complexity index is 1120. The maximum atomic E-state index is 6.21. The number of halogens is 1. The molecule has 0 aliphatic heterocycles. The Morgan fingerprint density at radius 1 is 1.04 bits per heavy atom. The summed E-state index contributed by atoms with van der Waals surface area (Å²) in [6.07, 6.45) is 3.24. The van der Waals surface area contributed by atoms with Gasteiger partial charge in [-0.05, 0) is 49.7 Å². The molecule has 136 valence electrons. The highest BCUT2D eigenvalue weighted by Crippen LogP contribution is 2.31. The second-order valence-electron chi connectivity index (χ2n) is 6.32. The third-order valence-corrected chi connectivity index (χ3v) is 4.67. The van der Waals surface area contributed by atoms with E-state index in [0.717, 1.165) is 33.7 Å². The Morgan fingerprint density at radius 2 is 1.89 bits per heavy atom. The Hall–Kier alpha value is -3.12. The molecule has 1 N–H and O–H groups in total. The number of hydrogen-bond acceptors (Lipinski definition) is 5. The van der Waals surface area contributed by atoms with E-state index in [2.05, 4.69) is 20.3 Å². The Kier molecular flexibility index (Phi) is 4.41. The molecule has 3 aromatic heterocycles. The number of ether oxygens (including phenoxy) is 1. The summed E-state index contributed by atoms with van der Waals surface area (Å²) in [7, 11) is 1.89. The van der Waals surface area contributed by atoms with Crippen LogP contribution in [0.15, 0.2) is 48.9 Å². The van der Waals surface area contributed by atoms with E-state index in [-0.39, 0.29) is 0 Å². The minimum atomic E-state index is 0.611. The zero-order chi connectivity index (χ0) is 19.0. The Morgan fingerprint density at radius 3 is 2.63 bits per heavy atom. The Balaban J connectivity index is 1.61. The number of fused-ring (bicyclic) bond motifs is 1. The lowest BCUT2D eigenvalue weighted by molar-refractivity contribution is 0.476. The van der Waals surface area contributed by atoms with Gasteiger partial charge >= 0.3 is 0 Å². The molecule has 0 fully saturated rings. The van der Waals surface area contributed by atoms with Crippen molar-refractivity contribution >= 4 is 34.1 Å². The highest BCUT2D eigenvalue weighted by Gasteiger charge is 2.12. The number of aromatic nitrogens is 4. The van der Waals surface area contributed by atoms with Gasteiger partial charge in [0.05, 0.1) is 11.7 Å². The first-order valence-corrected chi connectivity index (χ1v) is 8.83. The predicted octanol–water partition coefficient (Wildman–Crippen LogP) is 5.17. The SMILES string of the molecule is Cc1ccc(Oc2ccc(Nc3ncnc4cc(Cl)n(C)c34)cc2C)cn1. The highest BCUT2D eigenvalue weighted by molar-refractivity contribution is 6.31.